The number of hydrogen-bond donors (Lipinski definition) is 2. The van der Waals surface area contributed by atoms with Gasteiger partial charge in [-0.05, 0) is 19.8 Å². The second kappa shape index (κ2) is 5.09. The Morgan fingerprint density at radius 3 is 2.94 bits per heavy atom. The van der Waals surface area contributed by atoms with E-state index in [0.29, 0.717) is 18.7 Å². The summed E-state index contributed by atoms with van der Waals surface area (Å²) >= 11 is 0. The van der Waals surface area contributed by atoms with Crippen molar-refractivity contribution in [1.29, 1.82) is 0 Å². The molecule has 2 unspecified atom stereocenters. The number of aromatic nitrogens is 2. The third-order valence-corrected chi connectivity index (χ3v) is 5.33. The second-order valence-corrected chi connectivity index (χ2v) is 6.86. The number of amides is 1. The molecule has 2 atom stereocenters. The Morgan fingerprint density at radius 1 is 1.56 bits per heavy atom. The van der Waals surface area contributed by atoms with E-state index in [2.05, 4.69) is 15.3 Å². The fraction of sp³-hybridized carbons (Fsp3) is 0.636. The number of nitrogens with one attached hydrogen (secondary N) is 2. The fourth-order valence-electron chi connectivity index (χ4n) is 2.14. The van der Waals surface area contributed by atoms with E-state index >= 15 is 0 Å². The number of rotatable bonds is 3. The topological polar surface area (TPSA) is 91.9 Å². The van der Waals surface area contributed by atoms with Crippen molar-refractivity contribution in [3.05, 3.63) is 18.2 Å². The number of H-pyrrole nitrogens is 1. The minimum Gasteiger partial charge on any atom is -0.347 e. The average Bonchev–Trinajstić information content (AvgIpc) is 2.81. The van der Waals surface area contributed by atoms with Crippen LogP contribution in [0.3, 0.4) is 0 Å². The largest absolute Gasteiger partial charge is 0.347 e. The molecule has 1 aliphatic rings. The summed E-state index contributed by atoms with van der Waals surface area (Å²) in [6.45, 7) is 1.77. The molecule has 0 bridgehead atoms. The van der Waals surface area contributed by atoms with E-state index < -0.39 is 21.0 Å². The molecule has 1 saturated heterocycles. The van der Waals surface area contributed by atoms with E-state index in [4.69, 9.17) is 0 Å². The summed E-state index contributed by atoms with van der Waals surface area (Å²) in [4.78, 5) is 18.9. The standard InChI is InChI=1S/C11H17N3O3S/c1-8(10-12-5-6-13-10)14-11(15)9-4-2-3-7-18(9,16)17/h5-6,8-9H,2-4,7H2,1H3,(H,12,13)(H,14,15). The summed E-state index contributed by atoms with van der Waals surface area (Å²) in [5.41, 5.74) is 0. The zero-order valence-corrected chi connectivity index (χ0v) is 11.0. The van der Waals surface area contributed by atoms with E-state index in [1.807, 2.05) is 0 Å². The molecular formula is C11H17N3O3S. The molecule has 0 aliphatic carbocycles. The third kappa shape index (κ3) is 2.72. The number of hydrogen-bond acceptors (Lipinski definition) is 4. The molecular weight excluding hydrogens is 254 g/mol. The summed E-state index contributed by atoms with van der Waals surface area (Å²) < 4.78 is 23.6. The van der Waals surface area contributed by atoms with Gasteiger partial charge < -0.3 is 10.3 Å². The molecule has 1 fully saturated rings. The maximum absolute atomic E-state index is 12.0. The van der Waals surface area contributed by atoms with Crippen LogP contribution >= 0.6 is 0 Å². The van der Waals surface area contributed by atoms with E-state index in [1.54, 1.807) is 19.3 Å². The van der Waals surface area contributed by atoms with E-state index in [9.17, 15) is 13.2 Å². The SMILES string of the molecule is CC(NC(=O)C1CCCCS1(=O)=O)c1ncc[nH]1. The molecule has 2 rings (SSSR count). The molecule has 0 saturated carbocycles. The van der Waals surface area contributed by atoms with Gasteiger partial charge in [0.15, 0.2) is 9.84 Å². The second-order valence-electron chi connectivity index (χ2n) is 4.56. The van der Waals surface area contributed by atoms with Gasteiger partial charge in [-0.2, -0.15) is 0 Å². The van der Waals surface area contributed by atoms with Crippen molar-refractivity contribution in [2.75, 3.05) is 5.75 Å². The van der Waals surface area contributed by atoms with Gasteiger partial charge in [-0.15, -0.1) is 0 Å². The quantitative estimate of drug-likeness (QED) is 0.840. The first-order valence-electron chi connectivity index (χ1n) is 6.02. The number of carbonyl (C=O) groups excluding carboxylic acids is 1. The lowest BCUT2D eigenvalue weighted by molar-refractivity contribution is -0.121. The molecule has 6 nitrogen and oxygen atoms in total. The Morgan fingerprint density at radius 2 is 2.33 bits per heavy atom. The number of nitrogens with zero attached hydrogens (tertiary/aromatic N) is 1. The molecule has 7 heteroatoms. The molecule has 1 aromatic rings. The van der Waals surface area contributed by atoms with Crippen molar-refractivity contribution >= 4 is 15.7 Å². The van der Waals surface area contributed by atoms with Gasteiger partial charge in [-0.1, -0.05) is 6.42 Å². The Hall–Kier alpha value is -1.37. The molecule has 1 aliphatic heterocycles. The first-order valence-corrected chi connectivity index (χ1v) is 7.73. The lowest BCUT2D eigenvalue weighted by Crippen LogP contribution is -2.43. The van der Waals surface area contributed by atoms with Crippen LogP contribution in [0.1, 0.15) is 38.1 Å². The summed E-state index contributed by atoms with van der Waals surface area (Å²) in [7, 11) is -3.28. The third-order valence-electron chi connectivity index (χ3n) is 3.16. The van der Waals surface area contributed by atoms with Gasteiger partial charge in [-0.3, -0.25) is 4.79 Å². The van der Waals surface area contributed by atoms with Crippen LogP contribution in [0.5, 0.6) is 0 Å². The van der Waals surface area contributed by atoms with E-state index in [1.165, 1.54) is 0 Å². The minimum atomic E-state index is -3.28. The van der Waals surface area contributed by atoms with Crippen molar-refractivity contribution in [1.82, 2.24) is 15.3 Å². The van der Waals surface area contributed by atoms with Crippen molar-refractivity contribution < 1.29 is 13.2 Å². The monoisotopic (exact) mass is 271 g/mol. The summed E-state index contributed by atoms with van der Waals surface area (Å²) in [6, 6.07) is -0.315. The van der Waals surface area contributed by atoms with Gasteiger partial charge in [0.05, 0.1) is 11.8 Å². The number of imidazole rings is 1. The highest BCUT2D eigenvalue weighted by molar-refractivity contribution is 7.92. The average molecular weight is 271 g/mol. The first kappa shape index (κ1) is 13.1. The lowest BCUT2D eigenvalue weighted by atomic mass is 10.1. The normalized spacial score (nSPS) is 24.4. The Bertz CT molecular complexity index is 510. The highest BCUT2D eigenvalue weighted by Gasteiger charge is 2.35. The van der Waals surface area contributed by atoms with Gasteiger partial charge in [0.1, 0.15) is 11.1 Å². The number of carbonyl (C=O) groups is 1. The Kier molecular flexibility index (Phi) is 3.70. The Balaban J connectivity index is 2.03. The molecule has 0 aromatic carbocycles. The molecule has 0 spiro atoms. The lowest BCUT2D eigenvalue weighted by Gasteiger charge is -2.22. The molecule has 18 heavy (non-hydrogen) atoms. The number of sulfone groups is 1. The van der Waals surface area contributed by atoms with Gasteiger partial charge in [-0.25, -0.2) is 13.4 Å². The van der Waals surface area contributed by atoms with Gasteiger partial charge >= 0.3 is 0 Å². The zero-order chi connectivity index (χ0) is 13.2. The Labute approximate surface area is 106 Å². The van der Waals surface area contributed by atoms with Crippen LogP contribution in [-0.4, -0.2) is 35.3 Å². The van der Waals surface area contributed by atoms with Crippen molar-refractivity contribution in [3.8, 4) is 0 Å². The van der Waals surface area contributed by atoms with Gasteiger partial charge in [0.25, 0.3) is 0 Å². The number of aromatic amines is 1. The van der Waals surface area contributed by atoms with Crippen LogP contribution in [0.2, 0.25) is 0 Å². The maximum atomic E-state index is 12.0. The van der Waals surface area contributed by atoms with Crippen molar-refractivity contribution in [3.63, 3.8) is 0 Å². The fourth-order valence-corrected chi connectivity index (χ4v) is 3.95. The first-order chi connectivity index (χ1) is 8.50. The maximum Gasteiger partial charge on any atom is 0.238 e. The van der Waals surface area contributed by atoms with Crippen LogP contribution in [0.15, 0.2) is 12.4 Å². The molecule has 1 amide bonds. The summed E-state index contributed by atoms with van der Waals surface area (Å²) in [5.74, 6) is 0.315. The van der Waals surface area contributed by atoms with Crippen molar-refractivity contribution in [2.24, 2.45) is 0 Å². The van der Waals surface area contributed by atoms with Crippen LogP contribution in [0, 0.1) is 0 Å². The van der Waals surface area contributed by atoms with Crippen LogP contribution in [-0.2, 0) is 14.6 Å². The van der Waals surface area contributed by atoms with Gasteiger partial charge in [0, 0.05) is 12.4 Å². The highest BCUT2D eigenvalue weighted by Crippen LogP contribution is 2.20. The van der Waals surface area contributed by atoms with Crippen molar-refractivity contribution in [2.45, 2.75) is 37.5 Å². The zero-order valence-electron chi connectivity index (χ0n) is 10.2. The molecule has 1 aromatic heterocycles. The smallest absolute Gasteiger partial charge is 0.238 e. The van der Waals surface area contributed by atoms with Crippen LogP contribution < -0.4 is 5.32 Å². The minimum absolute atomic E-state index is 0.111. The van der Waals surface area contributed by atoms with Gasteiger partial charge in [0.2, 0.25) is 5.91 Å². The summed E-state index contributed by atoms with van der Waals surface area (Å²) in [6.07, 6.45) is 5.11. The predicted molar refractivity (Wildman–Crippen MR) is 66.6 cm³/mol. The highest BCUT2D eigenvalue weighted by atomic mass is 32.2. The van der Waals surface area contributed by atoms with E-state index in [-0.39, 0.29) is 11.8 Å². The predicted octanol–water partition coefficient (Wildman–Crippen LogP) is 0.554. The molecule has 0 radical (unpaired) electrons. The summed E-state index contributed by atoms with van der Waals surface area (Å²) in [5, 5.41) is 1.80. The van der Waals surface area contributed by atoms with Crippen LogP contribution in [0.4, 0.5) is 0 Å². The van der Waals surface area contributed by atoms with E-state index in [0.717, 1.165) is 6.42 Å². The molecule has 2 heterocycles. The van der Waals surface area contributed by atoms with Crippen LogP contribution in [0.25, 0.3) is 0 Å². The molecule has 100 valence electrons. The molecule has 2 N–H and O–H groups in total.